The van der Waals surface area contributed by atoms with Gasteiger partial charge < -0.3 is 19.0 Å². The smallest absolute Gasteiger partial charge is 0.327 e. The topological polar surface area (TPSA) is 102 Å². The molecule has 1 saturated heterocycles. The monoisotopic (exact) mass is 512 g/mol. The van der Waals surface area contributed by atoms with E-state index in [4.69, 9.17) is 13.9 Å². The molecule has 1 aliphatic rings. The van der Waals surface area contributed by atoms with E-state index in [1.165, 1.54) is 4.90 Å². The normalized spacial score (nSPS) is 16.7. The van der Waals surface area contributed by atoms with E-state index in [0.717, 1.165) is 22.6 Å². The molecule has 38 heavy (non-hydrogen) atoms. The van der Waals surface area contributed by atoms with Gasteiger partial charge in [0.1, 0.15) is 23.3 Å². The minimum atomic E-state index is -1.02. The van der Waals surface area contributed by atoms with Gasteiger partial charge in [-0.25, -0.2) is 9.78 Å². The first-order valence-corrected chi connectivity index (χ1v) is 12.4. The number of aliphatic carboxylic acids is 1. The first kappa shape index (κ1) is 25.1. The van der Waals surface area contributed by atoms with Crippen LogP contribution >= 0.6 is 0 Å². The molecule has 4 aromatic rings. The fourth-order valence-electron chi connectivity index (χ4n) is 4.67. The molecule has 194 valence electrons. The fourth-order valence-corrected chi connectivity index (χ4v) is 4.67. The third kappa shape index (κ3) is 5.11. The predicted molar refractivity (Wildman–Crippen MR) is 141 cm³/mol. The highest BCUT2D eigenvalue weighted by molar-refractivity contribution is 6.10. The number of hydrogen-bond acceptors (Lipinski definition) is 6. The van der Waals surface area contributed by atoms with Gasteiger partial charge in [0.2, 0.25) is 11.8 Å². The Morgan fingerprint density at radius 2 is 1.68 bits per heavy atom. The summed E-state index contributed by atoms with van der Waals surface area (Å²) >= 11 is 0. The Bertz CT molecular complexity index is 1410. The van der Waals surface area contributed by atoms with Crippen LogP contribution in [0.4, 0.5) is 5.69 Å². The highest BCUT2D eigenvalue weighted by Gasteiger charge is 2.52. The van der Waals surface area contributed by atoms with Crippen molar-refractivity contribution in [1.82, 2.24) is 4.98 Å². The van der Waals surface area contributed by atoms with Crippen LogP contribution in [0.1, 0.15) is 17.0 Å². The highest BCUT2D eigenvalue weighted by atomic mass is 16.5. The summed E-state index contributed by atoms with van der Waals surface area (Å²) in [7, 11) is 1.55. The number of carbonyl (C=O) groups excluding carboxylic acids is 1. The second kappa shape index (κ2) is 10.8. The summed E-state index contributed by atoms with van der Waals surface area (Å²) in [6.45, 7) is 2.32. The van der Waals surface area contributed by atoms with Crippen molar-refractivity contribution in [1.29, 1.82) is 0 Å². The van der Waals surface area contributed by atoms with Gasteiger partial charge in [0.05, 0.1) is 25.3 Å². The molecule has 1 N–H and O–H groups in total. The quantitative estimate of drug-likeness (QED) is 0.300. The number of carboxylic acid groups (broad SMARTS) is 1. The van der Waals surface area contributed by atoms with Crippen molar-refractivity contribution in [2.24, 2.45) is 5.92 Å². The van der Waals surface area contributed by atoms with Crippen molar-refractivity contribution in [3.8, 4) is 23.0 Å². The van der Waals surface area contributed by atoms with Crippen LogP contribution in [0.3, 0.4) is 0 Å². The minimum Gasteiger partial charge on any atom is -0.497 e. The predicted octanol–water partition coefficient (Wildman–Crippen LogP) is 4.94. The van der Waals surface area contributed by atoms with Crippen molar-refractivity contribution >= 4 is 17.6 Å². The number of nitrogens with zero attached hydrogens (tertiary/aromatic N) is 2. The average molecular weight is 513 g/mol. The van der Waals surface area contributed by atoms with Crippen LogP contribution in [-0.4, -0.2) is 41.7 Å². The summed E-state index contributed by atoms with van der Waals surface area (Å²) in [5.41, 5.74) is 3.20. The molecule has 2 heterocycles. The molecule has 0 unspecified atom stereocenters. The van der Waals surface area contributed by atoms with Crippen LogP contribution < -0.4 is 14.4 Å². The number of oxazole rings is 1. The molecule has 8 nitrogen and oxygen atoms in total. The Kier molecular flexibility index (Phi) is 7.13. The van der Waals surface area contributed by atoms with E-state index in [0.29, 0.717) is 42.5 Å². The van der Waals surface area contributed by atoms with Crippen LogP contribution in [0.2, 0.25) is 0 Å². The number of ether oxygens (including phenoxy) is 2. The molecule has 1 aliphatic heterocycles. The fraction of sp³-hybridized carbons (Fsp3) is 0.233. The number of aromatic nitrogens is 1. The zero-order valence-electron chi connectivity index (χ0n) is 21.2. The molecule has 8 heteroatoms. The number of methoxy groups -OCH3 is 1. The number of anilines is 1. The summed E-state index contributed by atoms with van der Waals surface area (Å²) in [6, 6.07) is 23.0. The molecule has 1 aromatic heterocycles. The third-order valence-corrected chi connectivity index (χ3v) is 6.72. The maximum atomic E-state index is 12.9. The molecule has 0 radical (unpaired) electrons. The lowest BCUT2D eigenvalue weighted by Gasteiger charge is -2.44. The lowest BCUT2D eigenvalue weighted by molar-refractivity contribution is -0.149. The van der Waals surface area contributed by atoms with Gasteiger partial charge in [-0.2, -0.15) is 0 Å². The van der Waals surface area contributed by atoms with Crippen molar-refractivity contribution in [3.63, 3.8) is 0 Å². The molecule has 3 aromatic carbocycles. The maximum absolute atomic E-state index is 12.9. The van der Waals surface area contributed by atoms with Crippen molar-refractivity contribution in [2.45, 2.75) is 25.8 Å². The van der Waals surface area contributed by atoms with E-state index >= 15 is 0 Å². The zero-order valence-corrected chi connectivity index (χ0v) is 21.2. The number of amides is 1. The van der Waals surface area contributed by atoms with Gasteiger partial charge in [0, 0.05) is 17.7 Å². The van der Waals surface area contributed by atoms with E-state index in [9.17, 15) is 14.7 Å². The average Bonchev–Trinajstić information content (AvgIpc) is 3.31. The second-order valence-corrected chi connectivity index (χ2v) is 9.13. The third-order valence-electron chi connectivity index (χ3n) is 6.72. The van der Waals surface area contributed by atoms with E-state index in [1.807, 2.05) is 61.5 Å². The van der Waals surface area contributed by atoms with Gasteiger partial charge in [-0.05, 0) is 67.4 Å². The molecule has 0 aliphatic carbocycles. The Morgan fingerprint density at radius 3 is 2.34 bits per heavy atom. The van der Waals surface area contributed by atoms with E-state index in [2.05, 4.69) is 4.98 Å². The van der Waals surface area contributed by atoms with Crippen molar-refractivity contribution < 1.29 is 28.6 Å². The summed E-state index contributed by atoms with van der Waals surface area (Å²) in [4.78, 5) is 30.8. The summed E-state index contributed by atoms with van der Waals surface area (Å²) < 4.78 is 16.8. The van der Waals surface area contributed by atoms with Crippen molar-refractivity contribution in [2.75, 3.05) is 18.6 Å². The van der Waals surface area contributed by atoms with Gasteiger partial charge in [-0.3, -0.25) is 9.69 Å². The van der Waals surface area contributed by atoms with Crippen molar-refractivity contribution in [3.05, 3.63) is 95.9 Å². The SMILES string of the molecule is COc1ccc(N2C(=O)[C@H](Cc3ccc(OCCc4nc(-c5ccccc5)oc4C)cc3)[C@@H]2C(=O)O)cc1. The largest absolute Gasteiger partial charge is 0.497 e. The second-order valence-electron chi connectivity index (χ2n) is 9.13. The maximum Gasteiger partial charge on any atom is 0.327 e. The number of β-lactam (4-membered cyclic amide) rings is 1. The number of aryl methyl sites for hydroxylation is 1. The lowest BCUT2D eigenvalue weighted by Crippen LogP contribution is -2.65. The summed E-state index contributed by atoms with van der Waals surface area (Å²) in [5.74, 6) is 0.830. The molecule has 1 fully saturated rings. The molecule has 0 bridgehead atoms. The van der Waals surface area contributed by atoms with Crippen LogP contribution in [-0.2, 0) is 22.4 Å². The highest BCUT2D eigenvalue weighted by Crippen LogP contribution is 2.36. The number of hydrogen-bond donors (Lipinski definition) is 1. The van der Waals surface area contributed by atoms with Gasteiger partial charge in [0.15, 0.2) is 0 Å². The molecule has 2 atom stereocenters. The number of carboxylic acids is 1. The molecule has 1 amide bonds. The summed E-state index contributed by atoms with van der Waals surface area (Å²) in [5, 5.41) is 9.80. The standard InChI is InChI=1S/C30H28N2O6/c1-19-26(31-28(38-19)21-6-4-3-5-7-21)16-17-37-24-12-8-20(9-13-24)18-25-27(30(34)35)32(29(25)33)22-10-14-23(36-2)15-11-22/h3-15,25,27H,16-18H2,1-2H3,(H,34,35)/t25-,27-/m1/s1. The van der Waals surface area contributed by atoms with Crippen LogP contribution in [0.5, 0.6) is 11.5 Å². The molecular weight excluding hydrogens is 484 g/mol. The van der Waals surface area contributed by atoms with Gasteiger partial charge in [-0.1, -0.05) is 30.3 Å². The van der Waals surface area contributed by atoms with Gasteiger partial charge in [-0.15, -0.1) is 0 Å². The summed E-state index contributed by atoms with van der Waals surface area (Å²) in [6.07, 6.45) is 0.936. The van der Waals surface area contributed by atoms with Crippen LogP contribution in [0.15, 0.2) is 83.3 Å². The Morgan fingerprint density at radius 1 is 1.00 bits per heavy atom. The lowest BCUT2D eigenvalue weighted by atomic mass is 9.82. The van der Waals surface area contributed by atoms with Crippen LogP contribution in [0, 0.1) is 12.8 Å². The molecule has 0 spiro atoms. The number of benzene rings is 3. The first-order chi connectivity index (χ1) is 18.4. The Hall–Kier alpha value is -4.59. The van der Waals surface area contributed by atoms with E-state index in [1.54, 1.807) is 31.4 Å². The molecular formula is C30H28N2O6. The first-order valence-electron chi connectivity index (χ1n) is 12.4. The number of carbonyl (C=O) groups is 2. The zero-order chi connectivity index (χ0) is 26.6. The molecule has 5 rings (SSSR count). The van der Waals surface area contributed by atoms with Crippen LogP contribution in [0.25, 0.3) is 11.5 Å². The van der Waals surface area contributed by atoms with E-state index in [-0.39, 0.29) is 5.91 Å². The number of rotatable bonds is 10. The van der Waals surface area contributed by atoms with Gasteiger partial charge in [0.25, 0.3) is 0 Å². The molecule has 0 saturated carbocycles. The Balaban J connectivity index is 1.17. The minimum absolute atomic E-state index is 0.208. The Labute approximate surface area is 220 Å². The van der Waals surface area contributed by atoms with Gasteiger partial charge >= 0.3 is 5.97 Å². The van der Waals surface area contributed by atoms with E-state index < -0.39 is 17.9 Å².